The molecule has 0 radical (unpaired) electrons. The summed E-state index contributed by atoms with van der Waals surface area (Å²) in [7, 11) is 0. The Hall–Kier alpha value is -1.54. The number of likely N-dealkylation sites (N-methyl/N-ethyl adjacent to an activating group) is 1. The van der Waals surface area contributed by atoms with E-state index in [2.05, 4.69) is 23.7 Å². The Morgan fingerprint density at radius 3 is 2.45 bits per heavy atom. The Bertz CT molecular complexity index is 420. The summed E-state index contributed by atoms with van der Waals surface area (Å²) in [6.45, 7) is 5.32. The molecule has 4 heteroatoms. The molecule has 0 atom stereocenters. The van der Waals surface area contributed by atoms with E-state index in [1.807, 2.05) is 24.3 Å². The molecule has 0 aliphatic rings. The van der Waals surface area contributed by atoms with Gasteiger partial charge in [0.05, 0.1) is 13.2 Å². The van der Waals surface area contributed by atoms with E-state index in [9.17, 15) is 0 Å². The fourth-order valence-corrected chi connectivity index (χ4v) is 1.72. The van der Waals surface area contributed by atoms with Crippen molar-refractivity contribution in [1.82, 2.24) is 4.90 Å². The van der Waals surface area contributed by atoms with E-state index in [1.54, 1.807) is 0 Å². The van der Waals surface area contributed by atoms with Gasteiger partial charge in [-0.05, 0) is 30.8 Å². The summed E-state index contributed by atoms with van der Waals surface area (Å²) in [4.78, 5) is 2.13. The van der Waals surface area contributed by atoms with Gasteiger partial charge in [-0.1, -0.05) is 18.8 Å². The molecule has 0 saturated carbocycles. The summed E-state index contributed by atoms with van der Waals surface area (Å²) in [5, 5.41) is 17.5. The summed E-state index contributed by atoms with van der Waals surface area (Å²) in [6.07, 6.45) is 0.496. The van der Waals surface area contributed by atoms with Gasteiger partial charge in [0.15, 0.2) is 0 Å². The standard InChI is InChI=1S/C16H23NO3/c1-2-17(10-13-19)11-14-20-16-8-6-15(7-9-16)5-3-4-12-18/h6-9,18-19H,2,4,10-14H2,1H3. The van der Waals surface area contributed by atoms with Crippen LogP contribution in [0.2, 0.25) is 0 Å². The zero-order valence-electron chi connectivity index (χ0n) is 12.0. The van der Waals surface area contributed by atoms with E-state index in [-0.39, 0.29) is 13.2 Å². The summed E-state index contributed by atoms with van der Waals surface area (Å²) >= 11 is 0. The predicted octanol–water partition coefficient (Wildman–Crippen LogP) is 1.11. The van der Waals surface area contributed by atoms with E-state index >= 15 is 0 Å². The largest absolute Gasteiger partial charge is 0.492 e. The fraction of sp³-hybridized carbons (Fsp3) is 0.500. The van der Waals surface area contributed by atoms with E-state index < -0.39 is 0 Å². The number of aliphatic hydroxyl groups is 2. The molecule has 0 saturated heterocycles. The number of aliphatic hydroxyl groups excluding tert-OH is 2. The van der Waals surface area contributed by atoms with Crippen LogP contribution in [0.5, 0.6) is 5.75 Å². The lowest BCUT2D eigenvalue weighted by atomic mass is 10.2. The smallest absolute Gasteiger partial charge is 0.119 e. The van der Waals surface area contributed by atoms with Crippen molar-refractivity contribution in [1.29, 1.82) is 0 Å². The zero-order chi connectivity index (χ0) is 14.6. The monoisotopic (exact) mass is 277 g/mol. The molecule has 1 aromatic carbocycles. The molecule has 1 rings (SSSR count). The highest BCUT2D eigenvalue weighted by molar-refractivity contribution is 5.38. The molecule has 0 heterocycles. The van der Waals surface area contributed by atoms with Crippen molar-refractivity contribution in [3.63, 3.8) is 0 Å². The van der Waals surface area contributed by atoms with E-state index in [4.69, 9.17) is 14.9 Å². The first-order valence-corrected chi connectivity index (χ1v) is 6.96. The van der Waals surface area contributed by atoms with E-state index in [1.165, 1.54) is 0 Å². The Labute approximate surface area is 121 Å². The van der Waals surface area contributed by atoms with Gasteiger partial charge in [0.25, 0.3) is 0 Å². The fourth-order valence-electron chi connectivity index (χ4n) is 1.72. The van der Waals surface area contributed by atoms with E-state index in [0.29, 0.717) is 19.6 Å². The second-order valence-electron chi connectivity index (χ2n) is 4.31. The van der Waals surface area contributed by atoms with Crippen LogP contribution in [0.1, 0.15) is 18.9 Å². The number of nitrogens with zero attached hydrogens (tertiary/aromatic N) is 1. The van der Waals surface area contributed by atoms with Crippen LogP contribution in [0, 0.1) is 11.8 Å². The van der Waals surface area contributed by atoms with Gasteiger partial charge >= 0.3 is 0 Å². The normalized spacial score (nSPS) is 10.2. The van der Waals surface area contributed by atoms with Gasteiger partial charge in [-0.2, -0.15) is 0 Å². The minimum Gasteiger partial charge on any atom is -0.492 e. The average molecular weight is 277 g/mol. The van der Waals surface area contributed by atoms with Crippen LogP contribution in [0.25, 0.3) is 0 Å². The first-order chi connectivity index (χ1) is 9.80. The predicted molar refractivity (Wildman–Crippen MR) is 79.7 cm³/mol. The molecule has 110 valence electrons. The number of ether oxygens (including phenoxy) is 1. The third kappa shape index (κ3) is 6.58. The number of rotatable bonds is 8. The molecule has 0 bridgehead atoms. The molecule has 0 aromatic heterocycles. The average Bonchev–Trinajstić information content (AvgIpc) is 2.48. The van der Waals surface area contributed by atoms with Gasteiger partial charge in [-0.3, -0.25) is 4.90 Å². The molecule has 0 spiro atoms. The van der Waals surface area contributed by atoms with Crippen LogP contribution in [-0.4, -0.2) is 54.6 Å². The summed E-state index contributed by atoms with van der Waals surface area (Å²) in [5.74, 6) is 6.67. The second-order valence-corrected chi connectivity index (χ2v) is 4.31. The van der Waals surface area contributed by atoms with Crippen molar-refractivity contribution in [3.05, 3.63) is 29.8 Å². The molecule has 4 nitrogen and oxygen atoms in total. The van der Waals surface area contributed by atoms with Crippen LogP contribution in [-0.2, 0) is 0 Å². The molecule has 20 heavy (non-hydrogen) atoms. The first-order valence-electron chi connectivity index (χ1n) is 6.96. The lowest BCUT2D eigenvalue weighted by Gasteiger charge is -2.19. The van der Waals surface area contributed by atoms with Gasteiger partial charge in [-0.25, -0.2) is 0 Å². The molecule has 1 aromatic rings. The van der Waals surface area contributed by atoms with Gasteiger partial charge in [-0.15, -0.1) is 0 Å². The molecule has 0 amide bonds. The van der Waals surface area contributed by atoms with Crippen molar-refractivity contribution in [2.75, 3.05) is 39.5 Å². The molecule has 0 aliphatic carbocycles. The SMILES string of the molecule is CCN(CCO)CCOc1ccc(C#CCCO)cc1. The first kappa shape index (κ1) is 16.5. The third-order valence-electron chi connectivity index (χ3n) is 2.86. The Balaban J connectivity index is 2.36. The van der Waals surface area contributed by atoms with Crippen LogP contribution in [0.15, 0.2) is 24.3 Å². The lowest BCUT2D eigenvalue weighted by Crippen LogP contribution is -2.30. The number of benzene rings is 1. The minimum atomic E-state index is 0.0932. The summed E-state index contributed by atoms with van der Waals surface area (Å²) < 4.78 is 5.65. The highest BCUT2D eigenvalue weighted by Crippen LogP contribution is 2.11. The van der Waals surface area contributed by atoms with Gasteiger partial charge in [0.1, 0.15) is 12.4 Å². The number of hydrogen-bond donors (Lipinski definition) is 2. The van der Waals surface area contributed by atoms with Crippen molar-refractivity contribution >= 4 is 0 Å². The van der Waals surface area contributed by atoms with Crippen LogP contribution < -0.4 is 4.74 Å². The van der Waals surface area contributed by atoms with E-state index in [0.717, 1.165) is 24.4 Å². The molecular formula is C16H23NO3. The van der Waals surface area contributed by atoms with Gasteiger partial charge in [0.2, 0.25) is 0 Å². The second kappa shape index (κ2) is 10.3. The Morgan fingerprint density at radius 2 is 1.85 bits per heavy atom. The lowest BCUT2D eigenvalue weighted by molar-refractivity contribution is 0.174. The van der Waals surface area contributed by atoms with Gasteiger partial charge < -0.3 is 14.9 Å². The van der Waals surface area contributed by atoms with Gasteiger partial charge in [0, 0.05) is 25.1 Å². The molecule has 0 fully saturated rings. The van der Waals surface area contributed by atoms with Crippen molar-refractivity contribution in [2.24, 2.45) is 0 Å². The summed E-state index contributed by atoms with van der Waals surface area (Å²) in [6, 6.07) is 7.60. The maximum absolute atomic E-state index is 8.89. The Morgan fingerprint density at radius 1 is 1.10 bits per heavy atom. The maximum Gasteiger partial charge on any atom is 0.119 e. The van der Waals surface area contributed by atoms with Crippen molar-refractivity contribution in [2.45, 2.75) is 13.3 Å². The minimum absolute atomic E-state index is 0.0932. The number of hydrogen-bond acceptors (Lipinski definition) is 4. The highest BCUT2D eigenvalue weighted by Gasteiger charge is 2.01. The van der Waals surface area contributed by atoms with Crippen LogP contribution in [0.3, 0.4) is 0 Å². The topological polar surface area (TPSA) is 52.9 Å². The summed E-state index contributed by atoms with van der Waals surface area (Å²) in [5.41, 5.74) is 0.918. The molecule has 0 unspecified atom stereocenters. The Kier molecular flexibility index (Phi) is 8.48. The van der Waals surface area contributed by atoms with Crippen LogP contribution >= 0.6 is 0 Å². The van der Waals surface area contributed by atoms with Crippen LogP contribution in [0.4, 0.5) is 0 Å². The quantitative estimate of drug-likeness (QED) is 0.699. The highest BCUT2D eigenvalue weighted by atomic mass is 16.5. The van der Waals surface area contributed by atoms with Crippen molar-refractivity contribution in [3.8, 4) is 17.6 Å². The third-order valence-corrected chi connectivity index (χ3v) is 2.86. The maximum atomic E-state index is 8.89. The molecule has 2 N–H and O–H groups in total. The van der Waals surface area contributed by atoms with Crippen molar-refractivity contribution < 1.29 is 14.9 Å². The molecular weight excluding hydrogens is 254 g/mol. The zero-order valence-corrected chi connectivity index (χ0v) is 12.0. The molecule has 0 aliphatic heterocycles.